The van der Waals surface area contributed by atoms with Gasteiger partial charge in [-0.15, -0.1) is 0 Å². The molecule has 0 saturated carbocycles. The van der Waals surface area contributed by atoms with Gasteiger partial charge in [-0.05, 0) is 58.8 Å². The van der Waals surface area contributed by atoms with Gasteiger partial charge in [0.05, 0.1) is 0 Å². The minimum absolute atomic E-state index is 0.0669. The van der Waals surface area contributed by atoms with Crippen molar-refractivity contribution in [1.29, 1.82) is 0 Å². The summed E-state index contributed by atoms with van der Waals surface area (Å²) in [5.41, 5.74) is 2.43. The zero-order chi connectivity index (χ0) is 19.1. The van der Waals surface area contributed by atoms with E-state index in [2.05, 4.69) is 39.4 Å². The zero-order valence-electron chi connectivity index (χ0n) is 16.0. The van der Waals surface area contributed by atoms with E-state index in [1.165, 1.54) is 5.56 Å². The average molecular weight is 390 g/mol. The second-order valence-corrected chi connectivity index (χ2v) is 7.94. The second kappa shape index (κ2) is 9.33. The number of nitrogens with one attached hydrogen (secondary N) is 2. The highest BCUT2D eigenvalue weighted by molar-refractivity contribution is 7.07. The number of nitrogens with zero attached hydrogens (tertiary/aromatic N) is 1. The van der Waals surface area contributed by atoms with Crippen molar-refractivity contribution in [3.05, 3.63) is 58.0 Å². The molecule has 0 radical (unpaired) electrons. The maximum Gasteiger partial charge on any atom is 0.191 e. The minimum atomic E-state index is -0.200. The van der Waals surface area contributed by atoms with Crippen LogP contribution in [0.4, 0.5) is 4.39 Å². The van der Waals surface area contributed by atoms with Crippen LogP contribution in [-0.4, -0.2) is 39.3 Å². The first-order valence-corrected chi connectivity index (χ1v) is 10.4. The van der Waals surface area contributed by atoms with Gasteiger partial charge in [-0.25, -0.2) is 4.39 Å². The van der Waals surface area contributed by atoms with Crippen molar-refractivity contribution in [3.8, 4) is 0 Å². The molecule has 146 valence electrons. The molecule has 0 amide bonds. The lowest BCUT2D eigenvalue weighted by Crippen LogP contribution is -2.48. The molecule has 3 rings (SSSR count). The molecule has 2 aromatic rings. The van der Waals surface area contributed by atoms with Gasteiger partial charge in [0.1, 0.15) is 5.82 Å². The van der Waals surface area contributed by atoms with Crippen LogP contribution in [-0.2, 0) is 10.2 Å². The molecule has 1 saturated heterocycles. The molecule has 1 aliphatic rings. The van der Waals surface area contributed by atoms with Gasteiger partial charge in [-0.2, -0.15) is 11.3 Å². The first kappa shape index (κ1) is 19.8. The summed E-state index contributed by atoms with van der Waals surface area (Å²) < 4.78 is 18.9. The molecule has 2 heterocycles. The van der Waals surface area contributed by atoms with Crippen molar-refractivity contribution in [3.63, 3.8) is 0 Å². The lowest BCUT2D eigenvalue weighted by molar-refractivity contribution is 0.0513. The normalized spacial score (nSPS) is 18.1. The Labute approximate surface area is 164 Å². The van der Waals surface area contributed by atoms with E-state index in [4.69, 9.17) is 4.74 Å². The Morgan fingerprint density at radius 3 is 2.59 bits per heavy atom. The van der Waals surface area contributed by atoms with Crippen molar-refractivity contribution in [2.75, 3.05) is 33.4 Å². The number of rotatable bonds is 6. The monoisotopic (exact) mass is 389 g/mol. The van der Waals surface area contributed by atoms with Crippen molar-refractivity contribution >= 4 is 17.3 Å². The lowest BCUT2D eigenvalue weighted by atomic mass is 9.74. The van der Waals surface area contributed by atoms with Crippen LogP contribution in [0, 0.1) is 5.82 Å². The molecule has 6 heteroatoms. The topological polar surface area (TPSA) is 45.7 Å². The molecule has 1 aromatic heterocycles. The zero-order valence-corrected chi connectivity index (χ0v) is 16.8. The molecule has 0 aliphatic carbocycles. The number of hydrogen-bond acceptors (Lipinski definition) is 3. The second-order valence-electron chi connectivity index (χ2n) is 7.16. The van der Waals surface area contributed by atoms with Crippen LogP contribution in [0.5, 0.6) is 0 Å². The first-order chi connectivity index (χ1) is 13.1. The lowest BCUT2D eigenvalue weighted by Gasteiger charge is -2.38. The summed E-state index contributed by atoms with van der Waals surface area (Å²) in [4.78, 5) is 4.37. The van der Waals surface area contributed by atoms with Gasteiger partial charge in [0.2, 0.25) is 0 Å². The third kappa shape index (κ3) is 5.08. The smallest absolute Gasteiger partial charge is 0.191 e. The maximum absolute atomic E-state index is 13.4. The molecule has 2 N–H and O–H groups in total. The van der Waals surface area contributed by atoms with Crippen molar-refractivity contribution in [1.82, 2.24) is 10.6 Å². The molecule has 4 nitrogen and oxygen atoms in total. The number of halogens is 1. The highest BCUT2D eigenvalue weighted by atomic mass is 32.1. The fourth-order valence-electron chi connectivity index (χ4n) is 3.53. The standard InChI is InChI=1S/C21H28FN3OS/c1-16(17-7-12-27-14-17)13-24-20(23-2)25-15-21(8-10-26-11-9-21)18-3-5-19(22)6-4-18/h3-7,12,14,16H,8-11,13,15H2,1-2H3,(H2,23,24,25). The number of ether oxygens (including phenoxy) is 1. The first-order valence-electron chi connectivity index (χ1n) is 9.43. The number of thiophene rings is 1. The van der Waals surface area contributed by atoms with E-state index in [-0.39, 0.29) is 11.2 Å². The van der Waals surface area contributed by atoms with E-state index in [1.54, 1.807) is 30.5 Å². The van der Waals surface area contributed by atoms with Gasteiger partial charge < -0.3 is 15.4 Å². The molecule has 27 heavy (non-hydrogen) atoms. The highest BCUT2D eigenvalue weighted by Gasteiger charge is 2.34. The van der Waals surface area contributed by atoms with Crippen LogP contribution in [0.25, 0.3) is 0 Å². The summed E-state index contributed by atoms with van der Waals surface area (Å²) in [5.74, 6) is 1.02. The number of aliphatic imine (C=N–C) groups is 1. The highest BCUT2D eigenvalue weighted by Crippen LogP contribution is 2.34. The largest absolute Gasteiger partial charge is 0.381 e. The molecule has 0 spiro atoms. The average Bonchev–Trinajstić information content (AvgIpc) is 3.24. The van der Waals surface area contributed by atoms with Crippen LogP contribution in [0.15, 0.2) is 46.1 Å². The van der Waals surface area contributed by atoms with Gasteiger partial charge in [-0.1, -0.05) is 19.1 Å². The third-order valence-corrected chi connectivity index (χ3v) is 6.11. The summed E-state index contributed by atoms with van der Waals surface area (Å²) in [6.45, 7) is 5.22. The summed E-state index contributed by atoms with van der Waals surface area (Å²) in [6.07, 6.45) is 1.82. The van der Waals surface area contributed by atoms with E-state index < -0.39 is 0 Å². The van der Waals surface area contributed by atoms with Crippen molar-refractivity contribution < 1.29 is 9.13 Å². The molecule has 1 unspecified atom stereocenters. The quantitative estimate of drug-likeness (QED) is 0.582. The third-order valence-electron chi connectivity index (χ3n) is 5.41. The summed E-state index contributed by atoms with van der Waals surface area (Å²) >= 11 is 1.72. The predicted octanol–water partition coefficient (Wildman–Crippen LogP) is 3.90. The predicted molar refractivity (Wildman–Crippen MR) is 110 cm³/mol. The van der Waals surface area contributed by atoms with Gasteiger partial charge in [0.15, 0.2) is 5.96 Å². The van der Waals surface area contributed by atoms with Gasteiger partial charge in [0.25, 0.3) is 0 Å². The Morgan fingerprint density at radius 1 is 1.22 bits per heavy atom. The summed E-state index contributed by atoms with van der Waals surface area (Å²) in [5, 5.41) is 11.2. The van der Waals surface area contributed by atoms with E-state index in [9.17, 15) is 4.39 Å². The van der Waals surface area contributed by atoms with Crippen LogP contribution >= 0.6 is 11.3 Å². The number of benzene rings is 1. The molecule has 1 aliphatic heterocycles. The van der Waals surface area contributed by atoms with E-state index >= 15 is 0 Å². The van der Waals surface area contributed by atoms with Gasteiger partial charge in [0, 0.05) is 38.8 Å². The van der Waals surface area contributed by atoms with Crippen LogP contribution in [0.1, 0.15) is 36.8 Å². The fourth-order valence-corrected chi connectivity index (χ4v) is 4.31. The Kier molecular flexibility index (Phi) is 6.85. The van der Waals surface area contributed by atoms with Gasteiger partial charge in [-0.3, -0.25) is 4.99 Å². The maximum atomic E-state index is 13.4. The number of guanidine groups is 1. The van der Waals surface area contributed by atoms with Crippen LogP contribution in [0.2, 0.25) is 0 Å². The SMILES string of the molecule is CN=C(NCC(C)c1ccsc1)NCC1(c2ccc(F)cc2)CCOCC1. The summed E-state index contributed by atoms with van der Waals surface area (Å²) in [7, 11) is 1.79. The molecular formula is C21H28FN3OS. The van der Waals surface area contributed by atoms with Crippen LogP contribution < -0.4 is 10.6 Å². The minimum Gasteiger partial charge on any atom is -0.381 e. The molecule has 1 atom stereocenters. The molecule has 1 fully saturated rings. The molecular weight excluding hydrogens is 361 g/mol. The van der Waals surface area contributed by atoms with Crippen LogP contribution in [0.3, 0.4) is 0 Å². The summed E-state index contributed by atoms with van der Waals surface area (Å²) in [6, 6.07) is 9.05. The van der Waals surface area contributed by atoms with Gasteiger partial charge >= 0.3 is 0 Å². The van der Waals surface area contributed by atoms with E-state index in [1.807, 2.05) is 12.1 Å². The molecule has 1 aromatic carbocycles. The fraction of sp³-hybridized carbons (Fsp3) is 0.476. The molecule has 0 bridgehead atoms. The number of hydrogen-bond donors (Lipinski definition) is 2. The van der Waals surface area contributed by atoms with E-state index in [0.29, 0.717) is 5.92 Å². The Morgan fingerprint density at radius 2 is 1.96 bits per heavy atom. The Bertz CT molecular complexity index is 724. The Balaban J connectivity index is 1.62. The van der Waals surface area contributed by atoms with Crippen molar-refractivity contribution in [2.24, 2.45) is 4.99 Å². The Hall–Kier alpha value is -1.92. The van der Waals surface area contributed by atoms with Crippen molar-refractivity contribution in [2.45, 2.75) is 31.1 Å². The van der Waals surface area contributed by atoms with E-state index in [0.717, 1.165) is 50.7 Å².